The molecule has 0 aromatic heterocycles. The molecule has 1 unspecified atom stereocenters. The van der Waals surface area contributed by atoms with E-state index < -0.39 is 5.54 Å². The molecule has 3 saturated heterocycles. The molecule has 7 nitrogen and oxygen atoms in total. The zero-order valence-corrected chi connectivity index (χ0v) is 18.7. The van der Waals surface area contributed by atoms with Crippen LogP contribution in [0.2, 0.25) is 0 Å². The topological polar surface area (TPSA) is 62.3 Å². The van der Waals surface area contributed by atoms with Gasteiger partial charge in [0.15, 0.2) is 0 Å². The number of nitrogens with zero attached hydrogens (tertiary/aromatic N) is 3. The number of carbonyl (C=O) groups excluding carboxylic acids is 2. The maximum Gasteiger partial charge on any atom is 0.328 e. The lowest BCUT2D eigenvalue weighted by atomic mass is 9.85. The van der Waals surface area contributed by atoms with Crippen LogP contribution in [0.1, 0.15) is 24.8 Å². The van der Waals surface area contributed by atoms with Gasteiger partial charge in [-0.2, -0.15) is 11.8 Å². The van der Waals surface area contributed by atoms with Gasteiger partial charge in [-0.15, -0.1) is 0 Å². The summed E-state index contributed by atoms with van der Waals surface area (Å²) >= 11 is 2.01. The van der Waals surface area contributed by atoms with E-state index in [1.165, 1.54) is 22.8 Å². The number of hydrogen-bond donors (Lipinski definition) is 0. The Hall–Kier alpha value is -1.77. The van der Waals surface area contributed by atoms with Crippen LogP contribution in [-0.2, 0) is 16.1 Å². The van der Waals surface area contributed by atoms with Crippen LogP contribution in [0.4, 0.5) is 4.79 Å². The minimum absolute atomic E-state index is 0.0631. The number of hydrogen-bond acceptors (Lipinski definition) is 6. The minimum atomic E-state index is -0.739. The number of piperidine rings is 1. The number of carbonyl (C=O) groups is 2. The molecule has 0 aliphatic carbocycles. The van der Waals surface area contributed by atoms with Crippen molar-refractivity contribution in [3.8, 4) is 5.75 Å². The lowest BCUT2D eigenvalue weighted by molar-refractivity contribution is -0.136. The Morgan fingerprint density at radius 3 is 2.67 bits per heavy atom. The molecule has 3 fully saturated rings. The molecule has 3 heterocycles. The van der Waals surface area contributed by atoms with Crippen LogP contribution >= 0.6 is 11.8 Å². The Balaban J connectivity index is 1.54. The van der Waals surface area contributed by atoms with Crippen LogP contribution in [-0.4, -0.2) is 90.2 Å². The van der Waals surface area contributed by atoms with Gasteiger partial charge < -0.3 is 14.4 Å². The van der Waals surface area contributed by atoms with E-state index in [-0.39, 0.29) is 18.5 Å². The molecular weight excluding hydrogens is 402 g/mol. The van der Waals surface area contributed by atoms with Crippen LogP contribution in [0.5, 0.6) is 5.75 Å². The van der Waals surface area contributed by atoms with Crippen LogP contribution < -0.4 is 4.74 Å². The van der Waals surface area contributed by atoms with E-state index >= 15 is 0 Å². The van der Waals surface area contributed by atoms with Crippen molar-refractivity contribution < 1.29 is 19.1 Å². The average Bonchev–Trinajstić information content (AvgIpc) is 3.37. The smallest absolute Gasteiger partial charge is 0.328 e. The molecule has 1 atom stereocenters. The molecule has 164 valence electrons. The number of methoxy groups -OCH3 is 2. The van der Waals surface area contributed by atoms with Gasteiger partial charge in [0.1, 0.15) is 11.3 Å². The van der Waals surface area contributed by atoms with Crippen molar-refractivity contribution in [2.45, 2.75) is 37.4 Å². The maximum absolute atomic E-state index is 13.6. The first-order valence-corrected chi connectivity index (χ1v) is 11.8. The van der Waals surface area contributed by atoms with E-state index in [1.807, 2.05) is 36.0 Å². The standard InChI is InChI=1S/C22H31N3O4S/c1-28-12-11-25-21(27)24(15-17-4-3-5-19(14-17)29-2)20(26)22(25)7-9-23(10-8-22)18-6-13-30-16-18/h3-5,14,18H,6-13,15-16H2,1-2H3. The highest BCUT2D eigenvalue weighted by atomic mass is 32.2. The van der Waals surface area contributed by atoms with Crippen LogP contribution in [0, 0.1) is 0 Å². The van der Waals surface area contributed by atoms with Gasteiger partial charge in [-0.1, -0.05) is 12.1 Å². The lowest BCUT2D eigenvalue weighted by Crippen LogP contribution is -2.58. The molecule has 8 heteroatoms. The Labute approximate surface area is 182 Å². The number of ether oxygens (including phenoxy) is 2. The largest absolute Gasteiger partial charge is 0.497 e. The molecular formula is C22H31N3O4S. The van der Waals surface area contributed by atoms with Crippen LogP contribution in [0.3, 0.4) is 0 Å². The average molecular weight is 434 g/mol. The number of rotatable bonds is 7. The molecule has 3 aliphatic heterocycles. The van der Waals surface area contributed by atoms with Gasteiger partial charge in [-0.3, -0.25) is 14.6 Å². The van der Waals surface area contributed by atoms with E-state index in [9.17, 15) is 9.59 Å². The summed E-state index contributed by atoms with van der Waals surface area (Å²) in [6.07, 6.45) is 2.61. The zero-order chi connectivity index (χ0) is 21.1. The van der Waals surface area contributed by atoms with E-state index in [0.717, 1.165) is 24.4 Å². The third-order valence-corrected chi connectivity index (χ3v) is 7.81. The summed E-state index contributed by atoms with van der Waals surface area (Å²) in [4.78, 5) is 32.7. The first kappa shape index (κ1) is 21.5. The first-order chi connectivity index (χ1) is 14.6. The third-order valence-electron chi connectivity index (χ3n) is 6.66. The highest BCUT2D eigenvalue weighted by Crippen LogP contribution is 2.39. The van der Waals surface area contributed by atoms with Crippen molar-refractivity contribution in [2.75, 3.05) is 52.0 Å². The van der Waals surface area contributed by atoms with Crippen molar-refractivity contribution in [3.63, 3.8) is 0 Å². The second kappa shape index (κ2) is 9.16. The third kappa shape index (κ3) is 3.92. The Kier molecular flexibility index (Phi) is 6.55. The van der Waals surface area contributed by atoms with Gasteiger partial charge in [0, 0.05) is 38.5 Å². The van der Waals surface area contributed by atoms with Crippen LogP contribution in [0.25, 0.3) is 0 Å². The molecule has 1 aromatic carbocycles. The number of urea groups is 1. The molecule has 0 bridgehead atoms. The molecule has 0 radical (unpaired) electrons. The number of likely N-dealkylation sites (tertiary alicyclic amines) is 1. The van der Waals surface area contributed by atoms with Gasteiger partial charge in [0.05, 0.1) is 20.3 Å². The minimum Gasteiger partial charge on any atom is -0.497 e. The summed E-state index contributed by atoms with van der Waals surface area (Å²) in [5.41, 5.74) is 0.150. The number of imide groups is 1. The number of thioether (sulfide) groups is 1. The van der Waals surface area contributed by atoms with Gasteiger partial charge in [0.2, 0.25) is 0 Å². The van der Waals surface area contributed by atoms with Crippen molar-refractivity contribution in [1.82, 2.24) is 14.7 Å². The highest BCUT2D eigenvalue weighted by molar-refractivity contribution is 7.99. The van der Waals surface area contributed by atoms with Gasteiger partial charge >= 0.3 is 6.03 Å². The van der Waals surface area contributed by atoms with Gasteiger partial charge in [-0.25, -0.2) is 4.79 Å². The Morgan fingerprint density at radius 1 is 1.20 bits per heavy atom. The molecule has 4 rings (SSSR count). The molecule has 30 heavy (non-hydrogen) atoms. The lowest BCUT2D eigenvalue weighted by Gasteiger charge is -2.43. The van der Waals surface area contributed by atoms with Crippen molar-refractivity contribution in [3.05, 3.63) is 29.8 Å². The van der Waals surface area contributed by atoms with Crippen molar-refractivity contribution in [2.24, 2.45) is 0 Å². The predicted octanol–water partition coefficient (Wildman–Crippen LogP) is 2.45. The summed E-state index contributed by atoms with van der Waals surface area (Å²) in [5.74, 6) is 3.06. The molecule has 0 N–H and O–H groups in total. The fourth-order valence-electron chi connectivity index (χ4n) is 4.92. The summed E-state index contributed by atoms with van der Waals surface area (Å²) < 4.78 is 10.5. The zero-order valence-electron chi connectivity index (χ0n) is 17.8. The van der Waals surface area contributed by atoms with E-state index in [2.05, 4.69) is 4.90 Å². The molecule has 3 aliphatic rings. The molecule has 1 spiro atoms. The predicted molar refractivity (Wildman–Crippen MR) is 117 cm³/mol. The van der Waals surface area contributed by atoms with E-state index in [1.54, 1.807) is 19.1 Å². The number of benzene rings is 1. The maximum atomic E-state index is 13.6. The summed E-state index contributed by atoms with van der Waals surface area (Å²) in [6, 6.07) is 7.96. The molecule has 3 amide bonds. The normalized spacial score (nSPS) is 24.3. The van der Waals surface area contributed by atoms with E-state index in [4.69, 9.17) is 9.47 Å². The van der Waals surface area contributed by atoms with Crippen molar-refractivity contribution in [1.29, 1.82) is 0 Å². The quantitative estimate of drug-likeness (QED) is 0.616. The second-order valence-electron chi connectivity index (χ2n) is 8.25. The Bertz CT molecular complexity index is 775. The summed E-state index contributed by atoms with van der Waals surface area (Å²) in [7, 11) is 3.24. The van der Waals surface area contributed by atoms with Crippen LogP contribution in [0.15, 0.2) is 24.3 Å². The fourth-order valence-corrected chi connectivity index (χ4v) is 6.18. The summed E-state index contributed by atoms with van der Waals surface area (Å²) in [5, 5.41) is 0. The first-order valence-electron chi connectivity index (χ1n) is 10.7. The Morgan fingerprint density at radius 2 is 2.00 bits per heavy atom. The highest BCUT2D eigenvalue weighted by Gasteiger charge is 2.58. The molecule has 1 aromatic rings. The van der Waals surface area contributed by atoms with Crippen molar-refractivity contribution >= 4 is 23.7 Å². The monoisotopic (exact) mass is 433 g/mol. The van der Waals surface area contributed by atoms with Gasteiger partial charge in [-0.05, 0) is 42.7 Å². The SMILES string of the molecule is COCCN1C(=O)N(Cc2cccc(OC)c2)C(=O)C12CCN(C1CCSC1)CC2. The fraction of sp³-hybridized carbons (Fsp3) is 0.636. The number of amides is 3. The van der Waals surface area contributed by atoms with E-state index in [0.29, 0.717) is 32.0 Å². The second-order valence-corrected chi connectivity index (χ2v) is 9.40. The molecule has 0 saturated carbocycles. The van der Waals surface area contributed by atoms with Gasteiger partial charge in [0.25, 0.3) is 5.91 Å². The summed E-state index contributed by atoms with van der Waals surface area (Å²) in [6.45, 7) is 2.86.